The Labute approximate surface area is 260 Å². The van der Waals surface area contributed by atoms with Crippen LogP contribution in [0.3, 0.4) is 0 Å². The third-order valence-electron chi connectivity index (χ3n) is 7.82. The maximum atomic E-state index is 12.9. The van der Waals surface area contributed by atoms with E-state index in [0.717, 1.165) is 45.5 Å². The molecule has 10 nitrogen and oxygen atoms in total. The van der Waals surface area contributed by atoms with E-state index in [1.165, 1.54) is 19.3 Å². The highest BCUT2D eigenvalue weighted by atomic mass is 35.5. The Balaban J connectivity index is 1.39. The molecule has 0 spiro atoms. The Kier molecular flexibility index (Phi) is 9.41. The van der Waals surface area contributed by atoms with Crippen LogP contribution in [0.2, 0.25) is 5.02 Å². The van der Waals surface area contributed by atoms with Crippen molar-refractivity contribution in [1.82, 2.24) is 19.7 Å². The van der Waals surface area contributed by atoms with Crippen LogP contribution in [0.4, 0.5) is 5.69 Å². The first-order valence-electron chi connectivity index (χ1n) is 14.4. The number of rotatable bonds is 9. The van der Waals surface area contributed by atoms with Crippen molar-refractivity contribution < 1.29 is 19.1 Å². The molecule has 1 saturated heterocycles. The maximum Gasteiger partial charge on any atom is 0.310 e. The fraction of sp³-hybridized carbons (Fsp3) is 0.303. The second-order valence-corrected chi connectivity index (χ2v) is 11.0. The summed E-state index contributed by atoms with van der Waals surface area (Å²) in [5, 5.41) is 7.23. The van der Waals surface area contributed by atoms with Gasteiger partial charge in [-0.15, -0.1) is 0 Å². The summed E-state index contributed by atoms with van der Waals surface area (Å²) in [6.07, 6.45) is 2.18. The molecule has 4 aromatic rings. The molecule has 11 heteroatoms. The number of carbonyl (C=O) groups excluding carboxylic acids is 2. The third-order valence-corrected chi connectivity index (χ3v) is 8.22. The molecule has 2 aromatic carbocycles. The van der Waals surface area contributed by atoms with Gasteiger partial charge < -0.3 is 14.8 Å². The normalized spacial score (nSPS) is 14.8. The first-order chi connectivity index (χ1) is 21.2. The summed E-state index contributed by atoms with van der Waals surface area (Å²) in [6, 6.07) is 16.5. The van der Waals surface area contributed by atoms with E-state index in [1.54, 1.807) is 13.2 Å². The quantitative estimate of drug-likeness (QED) is 0.258. The highest BCUT2D eigenvalue weighted by molar-refractivity contribution is 6.36. The Morgan fingerprint density at radius 3 is 2.59 bits per heavy atom. The fourth-order valence-corrected chi connectivity index (χ4v) is 5.78. The Morgan fingerprint density at radius 1 is 1.07 bits per heavy atom. The Morgan fingerprint density at radius 2 is 1.82 bits per heavy atom. The molecule has 1 aliphatic heterocycles. The highest BCUT2D eigenvalue weighted by Crippen LogP contribution is 2.39. The predicted molar refractivity (Wildman–Crippen MR) is 169 cm³/mol. The summed E-state index contributed by atoms with van der Waals surface area (Å²) in [5.41, 5.74) is 4.75. The van der Waals surface area contributed by atoms with Crippen LogP contribution in [0.5, 0.6) is 5.88 Å². The van der Waals surface area contributed by atoms with Crippen LogP contribution >= 0.6 is 11.6 Å². The van der Waals surface area contributed by atoms with Crippen molar-refractivity contribution in [1.29, 1.82) is 0 Å². The van der Waals surface area contributed by atoms with Crippen molar-refractivity contribution in [2.24, 2.45) is 13.0 Å². The van der Waals surface area contributed by atoms with Crippen molar-refractivity contribution in [3.05, 3.63) is 92.9 Å². The SMILES string of the molecule is CCOC(=O)[C@@H]1CCN(Cc2ccc(-c3cccc(-c4cccc(NC(=O)c5ccnn(C)c5=O)c4C)c3Cl)nc2OC)C1. The number of esters is 1. The van der Waals surface area contributed by atoms with Crippen LogP contribution in [0, 0.1) is 12.8 Å². The number of aromatic nitrogens is 3. The molecule has 0 aliphatic carbocycles. The molecule has 1 aliphatic rings. The minimum atomic E-state index is -0.519. The molecule has 1 N–H and O–H groups in total. The number of methoxy groups -OCH3 is 1. The highest BCUT2D eigenvalue weighted by Gasteiger charge is 2.30. The first kappa shape index (κ1) is 30.9. The van der Waals surface area contributed by atoms with Gasteiger partial charge in [-0.1, -0.05) is 48.0 Å². The summed E-state index contributed by atoms with van der Waals surface area (Å²) in [6.45, 7) is 6.12. The molecule has 228 valence electrons. The van der Waals surface area contributed by atoms with Crippen molar-refractivity contribution in [3.8, 4) is 28.3 Å². The standard InChI is InChI=1S/C33H34ClN5O5/c1-5-44-33(42)22-15-17-39(19-22)18-21-12-13-28(37-31(21)43-4)25-10-6-9-24(29(25)34)23-8-7-11-27(20(23)2)36-30(40)26-14-16-35-38(3)32(26)41/h6-14,16,22H,5,15,17-19H2,1-4H3,(H,36,40)/t22-/m1/s1. The van der Waals surface area contributed by atoms with E-state index in [9.17, 15) is 14.4 Å². The molecule has 1 amide bonds. The number of ether oxygens (including phenoxy) is 2. The number of likely N-dealkylation sites (tertiary alicyclic amines) is 1. The predicted octanol–water partition coefficient (Wildman–Crippen LogP) is 5.12. The van der Waals surface area contributed by atoms with Gasteiger partial charge in [0.1, 0.15) is 5.56 Å². The molecule has 5 rings (SSSR count). The molecule has 1 fully saturated rings. The summed E-state index contributed by atoms with van der Waals surface area (Å²) in [4.78, 5) is 44.5. The average Bonchev–Trinajstić information content (AvgIpc) is 3.49. The molecular formula is C33H34ClN5O5. The van der Waals surface area contributed by atoms with Crippen LogP contribution in [0.25, 0.3) is 22.4 Å². The lowest BCUT2D eigenvalue weighted by Gasteiger charge is -2.18. The van der Waals surface area contributed by atoms with Gasteiger partial charge in [0.25, 0.3) is 11.5 Å². The van der Waals surface area contributed by atoms with E-state index in [1.807, 2.05) is 56.3 Å². The topological polar surface area (TPSA) is 116 Å². The van der Waals surface area contributed by atoms with Gasteiger partial charge in [-0.3, -0.25) is 19.3 Å². The number of hydrogen-bond acceptors (Lipinski definition) is 8. The number of hydrogen-bond donors (Lipinski definition) is 1. The molecule has 0 bridgehead atoms. The largest absolute Gasteiger partial charge is 0.481 e. The lowest BCUT2D eigenvalue weighted by atomic mass is 9.96. The van der Waals surface area contributed by atoms with E-state index >= 15 is 0 Å². The number of nitrogens with zero attached hydrogens (tertiary/aromatic N) is 4. The molecule has 2 aromatic heterocycles. The van der Waals surface area contributed by atoms with Crippen molar-refractivity contribution >= 4 is 29.2 Å². The zero-order valence-electron chi connectivity index (χ0n) is 25.1. The van der Waals surface area contributed by atoms with E-state index in [-0.39, 0.29) is 17.5 Å². The van der Waals surface area contributed by atoms with Crippen molar-refractivity contribution in [3.63, 3.8) is 0 Å². The molecular weight excluding hydrogens is 582 g/mol. The van der Waals surface area contributed by atoms with Gasteiger partial charge in [-0.05, 0) is 56.1 Å². The molecule has 0 radical (unpaired) electrons. The smallest absolute Gasteiger partial charge is 0.310 e. The van der Waals surface area contributed by atoms with Gasteiger partial charge in [0, 0.05) is 48.7 Å². The minimum absolute atomic E-state index is 0.000603. The summed E-state index contributed by atoms with van der Waals surface area (Å²) in [5.74, 6) is -0.290. The van der Waals surface area contributed by atoms with Crippen molar-refractivity contribution in [2.45, 2.75) is 26.8 Å². The number of aryl methyl sites for hydroxylation is 1. The zero-order valence-corrected chi connectivity index (χ0v) is 25.9. The fourth-order valence-electron chi connectivity index (χ4n) is 5.46. The van der Waals surface area contributed by atoms with Gasteiger partial charge in [-0.25, -0.2) is 9.67 Å². The molecule has 0 saturated carbocycles. The second kappa shape index (κ2) is 13.4. The van der Waals surface area contributed by atoms with Gasteiger partial charge in [0.05, 0.1) is 30.4 Å². The number of pyridine rings is 1. The third kappa shape index (κ3) is 6.36. The zero-order chi connectivity index (χ0) is 31.4. The van der Waals surface area contributed by atoms with E-state index in [4.69, 9.17) is 26.1 Å². The summed E-state index contributed by atoms with van der Waals surface area (Å²) in [7, 11) is 3.08. The molecule has 0 unspecified atom stereocenters. The van der Waals surface area contributed by atoms with Gasteiger partial charge in [-0.2, -0.15) is 5.10 Å². The second-order valence-electron chi connectivity index (χ2n) is 10.6. The maximum absolute atomic E-state index is 12.9. The van der Waals surface area contributed by atoms with Crippen LogP contribution in [0.1, 0.15) is 34.8 Å². The number of benzene rings is 2. The lowest BCUT2D eigenvalue weighted by Crippen LogP contribution is -2.28. The van der Waals surface area contributed by atoms with E-state index in [2.05, 4.69) is 15.3 Å². The number of carbonyl (C=O) groups is 2. The van der Waals surface area contributed by atoms with Gasteiger partial charge in [0.15, 0.2) is 0 Å². The Bertz CT molecular complexity index is 1770. The lowest BCUT2D eigenvalue weighted by molar-refractivity contribution is -0.147. The van der Waals surface area contributed by atoms with Crippen LogP contribution in [-0.2, 0) is 23.1 Å². The number of amides is 1. The first-order valence-corrected chi connectivity index (χ1v) is 14.7. The molecule has 44 heavy (non-hydrogen) atoms. The summed E-state index contributed by atoms with van der Waals surface area (Å²) >= 11 is 7.01. The van der Waals surface area contributed by atoms with E-state index < -0.39 is 11.5 Å². The summed E-state index contributed by atoms with van der Waals surface area (Å²) < 4.78 is 12.0. The number of anilines is 1. The Hall–Kier alpha value is -4.54. The van der Waals surface area contributed by atoms with Gasteiger partial charge >= 0.3 is 5.97 Å². The number of nitrogens with one attached hydrogen (secondary N) is 1. The van der Waals surface area contributed by atoms with Crippen LogP contribution in [-0.4, -0.2) is 58.3 Å². The van der Waals surface area contributed by atoms with E-state index in [0.29, 0.717) is 42.0 Å². The molecule has 1 atom stereocenters. The number of halogens is 1. The minimum Gasteiger partial charge on any atom is -0.481 e. The van der Waals surface area contributed by atoms with Crippen LogP contribution in [0.15, 0.2) is 65.6 Å². The molecule has 3 heterocycles. The van der Waals surface area contributed by atoms with Gasteiger partial charge in [0.2, 0.25) is 5.88 Å². The van der Waals surface area contributed by atoms with Crippen molar-refractivity contribution in [2.75, 3.05) is 32.1 Å². The van der Waals surface area contributed by atoms with Crippen LogP contribution < -0.4 is 15.6 Å². The average molecular weight is 616 g/mol. The monoisotopic (exact) mass is 615 g/mol.